The summed E-state index contributed by atoms with van der Waals surface area (Å²) in [5.41, 5.74) is 3.12. The molecule has 2 aromatic rings. The van der Waals surface area contributed by atoms with Crippen molar-refractivity contribution in [2.75, 3.05) is 6.79 Å². The van der Waals surface area contributed by atoms with Gasteiger partial charge >= 0.3 is 0 Å². The molecule has 3 heterocycles. The van der Waals surface area contributed by atoms with Gasteiger partial charge in [0.2, 0.25) is 12.9 Å². The number of carbonyl (C=O) groups excluding carboxylic acids is 1. The fourth-order valence-corrected chi connectivity index (χ4v) is 4.81. The zero-order valence-electron chi connectivity index (χ0n) is 15.4. The number of fused-ring (bicyclic) bond motifs is 2. The van der Waals surface area contributed by atoms with Crippen LogP contribution in [0.5, 0.6) is 11.5 Å². The highest BCUT2D eigenvalue weighted by atomic mass is 32.1. The Morgan fingerprint density at radius 2 is 2.11 bits per heavy atom. The minimum atomic E-state index is -0.571. The number of carbonyl (C=O) groups is 1. The molecule has 8 heteroatoms. The van der Waals surface area contributed by atoms with Crippen LogP contribution in [0, 0.1) is 0 Å². The number of nitrogens with zero attached hydrogens (tertiary/aromatic N) is 2. The highest BCUT2D eigenvalue weighted by Crippen LogP contribution is 2.33. The average molecular weight is 399 g/mol. The van der Waals surface area contributed by atoms with Gasteiger partial charge in [0, 0.05) is 17.7 Å². The highest BCUT2D eigenvalue weighted by molar-refractivity contribution is 7.11. The summed E-state index contributed by atoms with van der Waals surface area (Å²) in [6.07, 6.45) is 5.17. The van der Waals surface area contributed by atoms with Gasteiger partial charge in [-0.3, -0.25) is 4.79 Å². The van der Waals surface area contributed by atoms with Gasteiger partial charge in [-0.1, -0.05) is 11.2 Å². The molecule has 0 spiro atoms. The molecule has 2 aliphatic heterocycles. The summed E-state index contributed by atoms with van der Waals surface area (Å²) in [6.45, 7) is 0.709. The summed E-state index contributed by atoms with van der Waals surface area (Å²) in [6, 6.07) is 5.82. The molecule has 0 fully saturated rings. The molecule has 1 amide bonds. The van der Waals surface area contributed by atoms with Crippen LogP contribution < -0.4 is 14.8 Å². The van der Waals surface area contributed by atoms with Crippen molar-refractivity contribution in [3.8, 4) is 11.5 Å². The van der Waals surface area contributed by atoms with Gasteiger partial charge in [-0.2, -0.15) is 0 Å². The number of nitrogens with one attached hydrogen (secondary N) is 1. The standard InChI is InChI=1S/C20H21N3O4S/c24-20(21-10-19-22-14-3-1-2-4-18(14)28-19)17-9-13(23-27-17)7-12-5-6-15-16(8-12)26-11-25-15/h5-6,8,17H,1-4,7,9-11H2,(H,21,24)/t17-/m1/s1. The molecular formula is C20H21N3O4S. The first-order chi connectivity index (χ1) is 13.7. The summed E-state index contributed by atoms with van der Waals surface area (Å²) in [5.74, 6) is 1.37. The molecule has 1 aromatic heterocycles. The first-order valence-electron chi connectivity index (χ1n) is 9.60. The Balaban J connectivity index is 1.13. The molecule has 5 rings (SSSR count). The number of amides is 1. The number of thiazole rings is 1. The molecule has 1 aliphatic carbocycles. The molecule has 3 aliphatic rings. The number of aryl methyl sites for hydroxylation is 2. The third-order valence-electron chi connectivity index (χ3n) is 5.17. The third kappa shape index (κ3) is 3.56. The van der Waals surface area contributed by atoms with Gasteiger partial charge in [0.05, 0.1) is 18.0 Å². The van der Waals surface area contributed by atoms with E-state index in [0.717, 1.165) is 40.6 Å². The first kappa shape index (κ1) is 17.5. The number of aromatic nitrogens is 1. The Morgan fingerprint density at radius 3 is 3.04 bits per heavy atom. The van der Waals surface area contributed by atoms with Crippen molar-refractivity contribution >= 4 is 23.0 Å². The lowest BCUT2D eigenvalue weighted by atomic mass is 10.0. The van der Waals surface area contributed by atoms with E-state index in [1.807, 2.05) is 18.2 Å². The van der Waals surface area contributed by atoms with Gasteiger partial charge in [-0.05, 0) is 43.4 Å². The predicted molar refractivity (Wildman–Crippen MR) is 104 cm³/mol. The zero-order valence-corrected chi connectivity index (χ0v) is 16.2. The first-order valence-corrected chi connectivity index (χ1v) is 10.4. The Morgan fingerprint density at radius 1 is 1.21 bits per heavy atom. The molecule has 0 saturated heterocycles. The zero-order chi connectivity index (χ0) is 18.9. The molecule has 1 N–H and O–H groups in total. The predicted octanol–water partition coefficient (Wildman–Crippen LogP) is 2.75. The summed E-state index contributed by atoms with van der Waals surface area (Å²) >= 11 is 1.71. The number of hydrogen-bond donors (Lipinski definition) is 1. The monoisotopic (exact) mass is 399 g/mol. The molecule has 1 atom stereocenters. The van der Waals surface area contributed by atoms with Crippen molar-refractivity contribution in [2.45, 2.75) is 51.2 Å². The van der Waals surface area contributed by atoms with Crippen LogP contribution in [0.2, 0.25) is 0 Å². The summed E-state index contributed by atoms with van der Waals surface area (Å²) in [4.78, 5) is 23.8. The maximum absolute atomic E-state index is 12.4. The molecular weight excluding hydrogens is 378 g/mol. The van der Waals surface area contributed by atoms with E-state index in [-0.39, 0.29) is 12.7 Å². The molecule has 0 saturated carbocycles. The Labute approximate surface area is 166 Å². The summed E-state index contributed by atoms with van der Waals surface area (Å²) < 4.78 is 10.7. The minimum absolute atomic E-state index is 0.141. The van der Waals surface area contributed by atoms with E-state index in [0.29, 0.717) is 19.4 Å². The molecule has 0 unspecified atom stereocenters. The van der Waals surface area contributed by atoms with Gasteiger partial charge in [-0.15, -0.1) is 11.3 Å². The maximum Gasteiger partial charge on any atom is 0.264 e. The lowest BCUT2D eigenvalue weighted by molar-refractivity contribution is -0.131. The number of oxime groups is 1. The quantitative estimate of drug-likeness (QED) is 0.836. The maximum atomic E-state index is 12.4. The van der Waals surface area contributed by atoms with E-state index in [1.54, 1.807) is 11.3 Å². The van der Waals surface area contributed by atoms with Gasteiger partial charge < -0.3 is 19.6 Å². The van der Waals surface area contributed by atoms with E-state index in [9.17, 15) is 4.79 Å². The molecule has 1 aromatic carbocycles. The van der Waals surface area contributed by atoms with Crippen molar-refractivity contribution < 1.29 is 19.1 Å². The SMILES string of the molecule is O=C(NCc1nc2c(s1)CCCC2)[C@H]1CC(Cc2ccc3c(c2)OCO3)=NO1. The van der Waals surface area contributed by atoms with E-state index >= 15 is 0 Å². The van der Waals surface area contributed by atoms with Crippen molar-refractivity contribution in [3.05, 3.63) is 39.3 Å². The number of hydrogen-bond acceptors (Lipinski definition) is 7. The van der Waals surface area contributed by atoms with Crippen molar-refractivity contribution in [3.63, 3.8) is 0 Å². The molecule has 7 nitrogen and oxygen atoms in total. The number of ether oxygens (including phenoxy) is 2. The van der Waals surface area contributed by atoms with Gasteiger partial charge in [0.1, 0.15) is 5.01 Å². The number of benzene rings is 1. The van der Waals surface area contributed by atoms with Crippen LogP contribution in [0.25, 0.3) is 0 Å². The van der Waals surface area contributed by atoms with Crippen molar-refractivity contribution in [2.24, 2.45) is 5.16 Å². The topological polar surface area (TPSA) is 82.0 Å². The van der Waals surface area contributed by atoms with Crippen LogP contribution in [-0.4, -0.2) is 29.5 Å². The van der Waals surface area contributed by atoms with Crippen molar-refractivity contribution in [1.82, 2.24) is 10.3 Å². The lowest BCUT2D eigenvalue weighted by Crippen LogP contribution is -2.34. The number of rotatable bonds is 5. The van der Waals surface area contributed by atoms with Gasteiger partial charge in [-0.25, -0.2) is 4.98 Å². The van der Waals surface area contributed by atoms with Crippen molar-refractivity contribution in [1.29, 1.82) is 0 Å². The molecule has 0 bridgehead atoms. The van der Waals surface area contributed by atoms with Gasteiger partial charge in [0.15, 0.2) is 11.5 Å². The van der Waals surface area contributed by atoms with E-state index in [1.165, 1.54) is 23.4 Å². The van der Waals surface area contributed by atoms with E-state index in [4.69, 9.17) is 14.3 Å². The normalized spacial score (nSPS) is 19.7. The van der Waals surface area contributed by atoms with E-state index < -0.39 is 6.10 Å². The molecule has 0 radical (unpaired) electrons. The minimum Gasteiger partial charge on any atom is -0.454 e. The Kier molecular flexibility index (Phi) is 4.64. The van der Waals surface area contributed by atoms with Crippen LogP contribution in [0.1, 0.15) is 40.4 Å². The summed E-state index contributed by atoms with van der Waals surface area (Å²) in [5, 5.41) is 8.02. The smallest absolute Gasteiger partial charge is 0.264 e. The largest absolute Gasteiger partial charge is 0.454 e. The summed E-state index contributed by atoms with van der Waals surface area (Å²) in [7, 11) is 0. The van der Waals surface area contributed by atoms with Crippen LogP contribution in [0.3, 0.4) is 0 Å². The van der Waals surface area contributed by atoms with Crippen LogP contribution in [-0.2, 0) is 35.4 Å². The third-order valence-corrected chi connectivity index (χ3v) is 6.33. The second-order valence-corrected chi connectivity index (χ2v) is 8.39. The molecule has 28 heavy (non-hydrogen) atoms. The fourth-order valence-electron chi connectivity index (χ4n) is 3.72. The Hall–Kier alpha value is -2.61. The van der Waals surface area contributed by atoms with Crippen LogP contribution in [0.15, 0.2) is 23.4 Å². The lowest BCUT2D eigenvalue weighted by Gasteiger charge is -2.08. The highest BCUT2D eigenvalue weighted by Gasteiger charge is 2.28. The second kappa shape index (κ2) is 7.43. The van der Waals surface area contributed by atoms with Gasteiger partial charge in [0.25, 0.3) is 5.91 Å². The Bertz CT molecular complexity index is 916. The average Bonchev–Trinajstić information content (AvgIpc) is 3.44. The second-order valence-electron chi connectivity index (χ2n) is 7.22. The van der Waals surface area contributed by atoms with Crippen LogP contribution in [0.4, 0.5) is 0 Å². The fraction of sp³-hybridized carbons (Fsp3) is 0.450. The molecule has 146 valence electrons. The van der Waals surface area contributed by atoms with E-state index in [2.05, 4.69) is 15.5 Å². The van der Waals surface area contributed by atoms with Crippen LogP contribution >= 0.6 is 11.3 Å².